The molecule has 0 aliphatic carbocycles. The number of aryl methyl sites for hydroxylation is 1. The van der Waals surface area contributed by atoms with Crippen LogP contribution >= 0.6 is 11.6 Å². The van der Waals surface area contributed by atoms with Gasteiger partial charge in [0.2, 0.25) is 0 Å². The maximum atomic E-state index is 12.6. The van der Waals surface area contributed by atoms with E-state index in [0.717, 1.165) is 5.56 Å². The van der Waals surface area contributed by atoms with Gasteiger partial charge in [0.25, 0.3) is 11.5 Å². The number of anilines is 1. The molecule has 0 fully saturated rings. The number of hydrogen-bond donors (Lipinski definition) is 1. The number of halogens is 1. The Kier molecular flexibility index (Phi) is 4.69. The molecular formula is C17H14ClN3O3S. The molecule has 1 N–H and O–H groups in total. The van der Waals surface area contributed by atoms with E-state index in [1.165, 1.54) is 16.9 Å². The average molecular weight is 376 g/mol. The van der Waals surface area contributed by atoms with Gasteiger partial charge in [0.15, 0.2) is 0 Å². The van der Waals surface area contributed by atoms with Gasteiger partial charge in [-0.2, -0.15) is 0 Å². The van der Waals surface area contributed by atoms with E-state index in [0.29, 0.717) is 16.2 Å². The molecule has 1 atom stereocenters. The molecule has 0 saturated heterocycles. The number of carbonyl (C=O) groups excluding carboxylic acids is 1. The highest BCUT2D eigenvalue weighted by molar-refractivity contribution is 7.84. The predicted octanol–water partition coefficient (Wildman–Crippen LogP) is 2.65. The van der Waals surface area contributed by atoms with E-state index in [9.17, 15) is 13.8 Å². The molecule has 0 aliphatic rings. The number of pyridine rings is 1. The summed E-state index contributed by atoms with van der Waals surface area (Å²) in [7, 11) is -1.40. The Balaban J connectivity index is 2.05. The fourth-order valence-corrected chi connectivity index (χ4v) is 3.76. The zero-order valence-electron chi connectivity index (χ0n) is 13.4. The van der Waals surface area contributed by atoms with Gasteiger partial charge >= 0.3 is 0 Å². The second-order valence-corrected chi connectivity index (χ2v) is 7.11. The van der Waals surface area contributed by atoms with E-state index >= 15 is 0 Å². The SMILES string of the molecule is Cc1cccn2c(=O)c(C(=O)Nc3cccc(Cl)c3S(C)=O)cnc12. The number of hydrogen-bond acceptors (Lipinski definition) is 4. The van der Waals surface area contributed by atoms with Crippen LogP contribution in [0.2, 0.25) is 5.02 Å². The highest BCUT2D eigenvalue weighted by atomic mass is 35.5. The van der Waals surface area contributed by atoms with Crippen LogP contribution in [0.5, 0.6) is 0 Å². The fourth-order valence-electron chi connectivity index (χ4n) is 2.49. The highest BCUT2D eigenvalue weighted by Gasteiger charge is 2.17. The van der Waals surface area contributed by atoms with Gasteiger partial charge in [-0.25, -0.2) is 4.98 Å². The molecule has 8 heteroatoms. The third-order valence-corrected chi connectivity index (χ3v) is 5.12. The fraction of sp³-hybridized carbons (Fsp3) is 0.118. The summed E-state index contributed by atoms with van der Waals surface area (Å²) in [6.45, 7) is 1.83. The Morgan fingerprint density at radius 2 is 2.04 bits per heavy atom. The van der Waals surface area contributed by atoms with Gasteiger partial charge in [0, 0.05) is 18.6 Å². The number of nitrogens with one attached hydrogen (secondary N) is 1. The zero-order valence-corrected chi connectivity index (χ0v) is 15.0. The van der Waals surface area contributed by atoms with Crippen LogP contribution in [0.4, 0.5) is 5.69 Å². The van der Waals surface area contributed by atoms with E-state index in [4.69, 9.17) is 11.6 Å². The van der Waals surface area contributed by atoms with Crippen molar-refractivity contribution >= 4 is 39.6 Å². The first kappa shape index (κ1) is 17.3. The predicted molar refractivity (Wildman–Crippen MR) is 97.9 cm³/mol. The minimum atomic E-state index is -1.40. The van der Waals surface area contributed by atoms with Gasteiger partial charge in [-0.1, -0.05) is 23.7 Å². The molecule has 0 radical (unpaired) electrons. The standard InChI is InChI=1S/C17H14ClN3O3S/c1-10-5-4-8-21-15(10)19-9-11(17(21)23)16(22)20-13-7-3-6-12(18)14(13)25(2)24/h3-9H,1-2H3,(H,20,22). The van der Waals surface area contributed by atoms with Gasteiger partial charge in [-0.15, -0.1) is 0 Å². The first-order chi connectivity index (χ1) is 11.9. The number of aromatic nitrogens is 2. The lowest BCUT2D eigenvalue weighted by molar-refractivity contribution is 0.102. The molecule has 0 spiro atoms. The van der Waals surface area contributed by atoms with Crippen LogP contribution in [0.3, 0.4) is 0 Å². The van der Waals surface area contributed by atoms with Crippen molar-refractivity contribution in [1.29, 1.82) is 0 Å². The maximum Gasteiger partial charge on any atom is 0.270 e. The second-order valence-electron chi connectivity index (χ2n) is 5.39. The largest absolute Gasteiger partial charge is 0.321 e. The summed E-state index contributed by atoms with van der Waals surface area (Å²) in [5, 5.41) is 2.88. The highest BCUT2D eigenvalue weighted by Crippen LogP contribution is 2.27. The lowest BCUT2D eigenvalue weighted by Gasteiger charge is -2.11. The van der Waals surface area contributed by atoms with Crippen LogP contribution in [0.25, 0.3) is 5.65 Å². The monoisotopic (exact) mass is 375 g/mol. The molecule has 0 saturated carbocycles. The van der Waals surface area contributed by atoms with Crippen LogP contribution in [-0.4, -0.2) is 25.8 Å². The lowest BCUT2D eigenvalue weighted by atomic mass is 10.2. The molecule has 3 aromatic rings. The number of benzene rings is 1. The third kappa shape index (κ3) is 3.20. The molecule has 0 aliphatic heterocycles. The minimum absolute atomic E-state index is 0.115. The summed E-state index contributed by atoms with van der Waals surface area (Å²) in [6, 6.07) is 8.34. The average Bonchev–Trinajstić information content (AvgIpc) is 2.55. The van der Waals surface area contributed by atoms with Crippen molar-refractivity contribution < 1.29 is 9.00 Å². The van der Waals surface area contributed by atoms with Crippen LogP contribution in [0, 0.1) is 6.92 Å². The van der Waals surface area contributed by atoms with Gasteiger partial charge in [0.05, 0.1) is 26.4 Å². The van der Waals surface area contributed by atoms with E-state index in [2.05, 4.69) is 10.3 Å². The van der Waals surface area contributed by atoms with Gasteiger partial charge < -0.3 is 5.32 Å². The topological polar surface area (TPSA) is 80.5 Å². The molecule has 2 heterocycles. The minimum Gasteiger partial charge on any atom is -0.321 e. The van der Waals surface area contributed by atoms with Crippen molar-refractivity contribution in [3.63, 3.8) is 0 Å². The Bertz CT molecular complexity index is 1080. The quantitative estimate of drug-likeness (QED) is 0.763. The van der Waals surface area contributed by atoms with E-state index in [-0.39, 0.29) is 10.6 Å². The molecule has 2 aromatic heterocycles. The van der Waals surface area contributed by atoms with Crippen molar-refractivity contribution in [3.05, 3.63) is 69.2 Å². The van der Waals surface area contributed by atoms with Crippen molar-refractivity contribution in [1.82, 2.24) is 9.38 Å². The summed E-state index contributed by atoms with van der Waals surface area (Å²) >= 11 is 6.06. The number of carbonyl (C=O) groups is 1. The Morgan fingerprint density at radius 3 is 2.76 bits per heavy atom. The Hall–Kier alpha value is -2.51. The molecule has 0 bridgehead atoms. The van der Waals surface area contributed by atoms with Crippen molar-refractivity contribution in [3.8, 4) is 0 Å². The Morgan fingerprint density at radius 1 is 1.28 bits per heavy atom. The van der Waals surface area contributed by atoms with Crippen LogP contribution in [0.1, 0.15) is 15.9 Å². The van der Waals surface area contributed by atoms with Crippen LogP contribution in [0.15, 0.2) is 52.4 Å². The van der Waals surface area contributed by atoms with Crippen LogP contribution < -0.4 is 10.9 Å². The Labute approximate surface area is 150 Å². The van der Waals surface area contributed by atoms with E-state index < -0.39 is 22.3 Å². The maximum absolute atomic E-state index is 12.6. The number of rotatable bonds is 3. The molecule has 25 heavy (non-hydrogen) atoms. The van der Waals surface area contributed by atoms with Gasteiger partial charge in [-0.05, 0) is 30.7 Å². The van der Waals surface area contributed by atoms with Crippen molar-refractivity contribution in [2.75, 3.05) is 11.6 Å². The molecule has 1 amide bonds. The summed E-state index contributed by atoms with van der Waals surface area (Å²) in [6.07, 6.45) is 4.26. The number of nitrogens with zero attached hydrogens (tertiary/aromatic N) is 2. The first-order valence-electron chi connectivity index (χ1n) is 7.30. The van der Waals surface area contributed by atoms with Crippen LogP contribution in [-0.2, 0) is 10.8 Å². The number of fused-ring (bicyclic) bond motifs is 1. The summed E-state index contributed by atoms with van der Waals surface area (Å²) in [4.78, 5) is 29.6. The number of amides is 1. The van der Waals surface area contributed by atoms with Crippen molar-refractivity contribution in [2.24, 2.45) is 0 Å². The van der Waals surface area contributed by atoms with Gasteiger partial charge in [-0.3, -0.25) is 18.2 Å². The molecule has 6 nitrogen and oxygen atoms in total. The second kappa shape index (κ2) is 6.78. The normalized spacial score (nSPS) is 12.1. The summed E-state index contributed by atoms with van der Waals surface area (Å²) in [5.74, 6) is -0.637. The molecule has 3 rings (SSSR count). The molecule has 1 unspecified atom stereocenters. The first-order valence-corrected chi connectivity index (χ1v) is 9.24. The van der Waals surface area contributed by atoms with E-state index in [1.807, 2.05) is 13.0 Å². The van der Waals surface area contributed by atoms with Gasteiger partial charge in [0.1, 0.15) is 11.2 Å². The molecular weight excluding hydrogens is 362 g/mol. The zero-order chi connectivity index (χ0) is 18.1. The van der Waals surface area contributed by atoms with E-state index in [1.54, 1.807) is 30.5 Å². The summed E-state index contributed by atoms with van der Waals surface area (Å²) in [5.41, 5.74) is 1.02. The molecule has 128 valence electrons. The third-order valence-electron chi connectivity index (χ3n) is 3.67. The molecule has 1 aromatic carbocycles. The smallest absolute Gasteiger partial charge is 0.270 e. The summed E-state index contributed by atoms with van der Waals surface area (Å²) < 4.78 is 13.2. The van der Waals surface area contributed by atoms with Crippen molar-refractivity contribution in [2.45, 2.75) is 11.8 Å². The lowest BCUT2D eigenvalue weighted by Crippen LogP contribution is -2.27.